The van der Waals surface area contributed by atoms with E-state index >= 15 is 0 Å². The van der Waals surface area contributed by atoms with Crippen LogP contribution in [0.25, 0.3) is 10.8 Å². The number of aryl methyl sites for hydroxylation is 1. The standard InChI is InChI=1S/C24H25BrN4O3/c1-2-15-29-22(31)19-8-4-3-7-18(19)20(28-29)21(30)26-27-23(32)24(13-5-6-14-24)16-9-11-17(25)12-10-16/h3-4,7-12H,2,5-6,13-15H2,1H3,(H,26,30)(H,27,32). The lowest BCUT2D eigenvalue weighted by Crippen LogP contribution is -2.51. The van der Waals surface area contributed by atoms with Crippen LogP contribution in [-0.2, 0) is 16.8 Å². The van der Waals surface area contributed by atoms with Crippen LogP contribution in [0, 0.1) is 0 Å². The van der Waals surface area contributed by atoms with Crippen molar-refractivity contribution in [1.29, 1.82) is 0 Å². The van der Waals surface area contributed by atoms with Crippen LogP contribution in [0.15, 0.2) is 57.8 Å². The van der Waals surface area contributed by atoms with E-state index in [1.165, 1.54) is 4.68 Å². The van der Waals surface area contributed by atoms with E-state index in [0.717, 1.165) is 35.7 Å². The summed E-state index contributed by atoms with van der Waals surface area (Å²) in [5, 5.41) is 5.17. The molecule has 2 N–H and O–H groups in total. The van der Waals surface area contributed by atoms with Gasteiger partial charge in [-0.1, -0.05) is 66.0 Å². The number of hydrogen-bond acceptors (Lipinski definition) is 4. The SMILES string of the molecule is CCCn1nc(C(=O)NNC(=O)C2(c3ccc(Br)cc3)CCCC2)c2ccccc2c1=O. The number of rotatable bonds is 5. The Morgan fingerprint density at radius 2 is 1.69 bits per heavy atom. The van der Waals surface area contributed by atoms with Gasteiger partial charge in [-0.05, 0) is 43.0 Å². The fourth-order valence-electron chi connectivity index (χ4n) is 4.45. The van der Waals surface area contributed by atoms with Crippen LogP contribution in [0.4, 0.5) is 0 Å². The lowest BCUT2D eigenvalue weighted by Gasteiger charge is -2.28. The first-order valence-electron chi connectivity index (χ1n) is 10.8. The van der Waals surface area contributed by atoms with Crippen LogP contribution in [0.2, 0.25) is 0 Å². The Hall–Kier alpha value is -3.00. The van der Waals surface area contributed by atoms with Crippen LogP contribution >= 0.6 is 15.9 Å². The molecule has 1 aromatic heterocycles. The Balaban J connectivity index is 1.60. The number of amides is 2. The van der Waals surface area contributed by atoms with Gasteiger partial charge in [-0.2, -0.15) is 5.10 Å². The van der Waals surface area contributed by atoms with Crippen molar-refractivity contribution >= 4 is 38.5 Å². The second kappa shape index (κ2) is 9.24. The summed E-state index contributed by atoms with van der Waals surface area (Å²) in [6.07, 6.45) is 4.05. The third-order valence-electron chi connectivity index (χ3n) is 6.10. The number of hydrogen-bond donors (Lipinski definition) is 2. The zero-order chi connectivity index (χ0) is 22.7. The lowest BCUT2D eigenvalue weighted by atomic mass is 9.78. The summed E-state index contributed by atoms with van der Waals surface area (Å²) < 4.78 is 2.25. The minimum absolute atomic E-state index is 0.109. The van der Waals surface area contributed by atoms with E-state index in [1.807, 2.05) is 31.2 Å². The fraction of sp³-hybridized carbons (Fsp3) is 0.333. The molecule has 0 radical (unpaired) electrons. The molecule has 0 spiro atoms. The molecule has 1 aliphatic carbocycles. The normalized spacial score (nSPS) is 14.9. The number of hydrazine groups is 1. The van der Waals surface area contributed by atoms with Gasteiger partial charge in [0.15, 0.2) is 5.69 Å². The molecular weight excluding hydrogens is 472 g/mol. The van der Waals surface area contributed by atoms with Crippen molar-refractivity contribution in [3.8, 4) is 0 Å². The lowest BCUT2D eigenvalue weighted by molar-refractivity contribution is -0.127. The predicted octanol–water partition coefficient (Wildman–Crippen LogP) is 3.84. The average molecular weight is 497 g/mol. The Morgan fingerprint density at radius 3 is 2.34 bits per heavy atom. The van der Waals surface area contributed by atoms with Crippen LogP contribution in [-0.4, -0.2) is 21.6 Å². The second-order valence-corrected chi connectivity index (χ2v) is 9.04. The molecule has 0 saturated heterocycles. The van der Waals surface area contributed by atoms with Gasteiger partial charge in [-0.25, -0.2) is 4.68 Å². The van der Waals surface area contributed by atoms with E-state index in [2.05, 4.69) is 31.9 Å². The molecule has 8 heteroatoms. The average Bonchev–Trinajstić information content (AvgIpc) is 3.31. The summed E-state index contributed by atoms with van der Waals surface area (Å²) >= 11 is 3.44. The van der Waals surface area contributed by atoms with E-state index < -0.39 is 11.3 Å². The Labute approximate surface area is 194 Å². The van der Waals surface area contributed by atoms with Crippen molar-refractivity contribution in [2.75, 3.05) is 0 Å². The van der Waals surface area contributed by atoms with E-state index in [9.17, 15) is 14.4 Å². The zero-order valence-corrected chi connectivity index (χ0v) is 19.4. The van der Waals surface area contributed by atoms with Crippen LogP contribution in [0.3, 0.4) is 0 Å². The highest BCUT2D eigenvalue weighted by Crippen LogP contribution is 2.41. The summed E-state index contributed by atoms with van der Waals surface area (Å²) in [6, 6.07) is 14.6. The minimum Gasteiger partial charge on any atom is -0.272 e. The number of carbonyl (C=O) groups excluding carboxylic acids is 2. The fourth-order valence-corrected chi connectivity index (χ4v) is 4.72. The summed E-state index contributed by atoms with van der Waals surface area (Å²) in [5.74, 6) is -0.791. The van der Waals surface area contributed by atoms with Crippen LogP contribution in [0.1, 0.15) is 55.1 Å². The molecule has 7 nitrogen and oxygen atoms in total. The van der Waals surface area contributed by atoms with E-state index in [-0.39, 0.29) is 17.2 Å². The van der Waals surface area contributed by atoms with Gasteiger partial charge in [-0.15, -0.1) is 0 Å². The minimum atomic E-state index is -0.676. The highest BCUT2D eigenvalue weighted by Gasteiger charge is 2.43. The van der Waals surface area contributed by atoms with Gasteiger partial charge in [-0.3, -0.25) is 25.2 Å². The van der Waals surface area contributed by atoms with E-state index in [1.54, 1.807) is 24.3 Å². The van der Waals surface area contributed by atoms with Gasteiger partial charge in [0.2, 0.25) is 5.91 Å². The van der Waals surface area contributed by atoms with Crippen molar-refractivity contribution in [2.24, 2.45) is 0 Å². The first kappa shape index (κ1) is 22.2. The summed E-state index contributed by atoms with van der Waals surface area (Å²) in [4.78, 5) is 38.9. The first-order chi connectivity index (χ1) is 15.5. The first-order valence-corrected chi connectivity index (χ1v) is 11.6. The molecule has 1 saturated carbocycles. The molecule has 3 aromatic rings. The third kappa shape index (κ3) is 4.07. The zero-order valence-electron chi connectivity index (χ0n) is 17.9. The molecule has 0 bridgehead atoms. The molecule has 2 amide bonds. The summed E-state index contributed by atoms with van der Waals surface area (Å²) in [7, 11) is 0. The smallest absolute Gasteiger partial charge is 0.272 e. The van der Waals surface area contributed by atoms with Crippen molar-refractivity contribution < 1.29 is 9.59 Å². The number of aromatic nitrogens is 2. The number of nitrogens with zero attached hydrogens (tertiary/aromatic N) is 2. The number of halogens is 1. The van der Waals surface area contributed by atoms with Gasteiger partial charge in [0, 0.05) is 16.4 Å². The van der Waals surface area contributed by atoms with Crippen LogP contribution in [0.5, 0.6) is 0 Å². The Kier molecular flexibility index (Phi) is 6.41. The second-order valence-electron chi connectivity index (χ2n) is 8.13. The monoisotopic (exact) mass is 496 g/mol. The van der Waals surface area contributed by atoms with Crippen LogP contribution < -0.4 is 16.4 Å². The van der Waals surface area contributed by atoms with Crippen molar-refractivity contribution in [3.63, 3.8) is 0 Å². The molecule has 1 heterocycles. The number of carbonyl (C=O) groups is 2. The molecule has 2 aromatic carbocycles. The number of fused-ring (bicyclic) bond motifs is 1. The highest BCUT2D eigenvalue weighted by molar-refractivity contribution is 9.10. The number of benzene rings is 2. The van der Waals surface area contributed by atoms with Gasteiger partial charge in [0.05, 0.1) is 10.8 Å². The Bertz CT molecular complexity index is 1210. The highest BCUT2D eigenvalue weighted by atomic mass is 79.9. The molecule has 0 atom stereocenters. The summed E-state index contributed by atoms with van der Waals surface area (Å²) in [6.45, 7) is 2.34. The van der Waals surface area contributed by atoms with E-state index in [0.29, 0.717) is 23.7 Å². The molecule has 4 rings (SSSR count). The topological polar surface area (TPSA) is 93.1 Å². The largest absolute Gasteiger partial charge is 0.290 e. The molecule has 1 fully saturated rings. The molecular formula is C24H25BrN4O3. The molecule has 0 unspecified atom stereocenters. The maximum absolute atomic E-state index is 13.3. The third-order valence-corrected chi connectivity index (χ3v) is 6.63. The maximum atomic E-state index is 13.3. The molecule has 0 aliphatic heterocycles. The maximum Gasteiger partial charge on any atom is 0.290 e. The predicted molar refractivity (Wildman–Crippen MR) is 126 cm³/mol. The van der Waals surface area contributed by atoms with Gasteiger partial charge in [0.25, 0.3) is 11.5 Å². The summed E-state index contributed by atoms with van der Waals surface area (Å²) in [5.41, 5.74) is 5.30. The molecule has 32 heavy (non-hydrogen) atoms. The number of nitrogens with one attached hydrogen (secondary N) is 2. The molecule has 166 valence electrons. The van der Waals surface area contributed by atoms with Crippen molar-refractivity contribution in [1.82, 2.24) is 20.6 Å². The van der Waals surface area contributed by atoms with Crippen molar-refractivity contribution in [3.05, 3.63) is 74.6 Å². The van der Waals surface area contributed by atoms with Gasteiger partial charge in [0.1, 0.15) is 0 Å². The Morgan fingerprint density at radius 1 is 1.03 bits per heavy atom. The van der Waals surface area contributed by atoms with Gasteiger partial charge >= 0.3 is 0 Å². The van der Waals surface area contributed by atoms with Gasteiger partial charge < -0.3 is 0 Å². The van der Waals surface area contributed by atoms with Crippen molar-refractivity contribution in [2.45, 2.75) is 51.0 Å². The quantitative estimate of drug-likeness (QED) is 0.524. The molecule has 1 aliphatic rings. The van der Waals surface area contributed by atoms with E-state index in [4.69, 9.17) is 0 Å².